The monoisotopic (exact) mass is 536 g/mol. The molecule has 7 heteroatoms. The van der Waals surface area contributed by atoms with Gasteiger partial charge >= 0.3 is 11.9 Å². The number of nitrogens with one attached hydrogen (secondary N) is 1. The summed E-state index contributed by atoms with van der Waals surface area (Å²) >= 11 is 0. The molecule has 2 aromatic rings. The van der Waals surface area contributed by atoms with Gasteiger partial charge in [0.05, 0.1) is 11.6 Å². The van der Waals surface area contributed by atoms with Gasteiger partial charge in [-0.2, -0.15) is 0 Å². The van der Waals surface area contributed by atoms with Crippen molar-refractivity contribution in [3.05, 3.63) is 65.7 Å². The highest BCUT2D eigenvalue weighted by Gasteiger charge is 2.36. The first-order valence-electron chi connectivity index (χ1n) is 14.1. The molecule has 1 fully saturated rings. The molecule has 0 radical (unpaired) electrons. The highest BCUT2D eigenvalue weighted by molar-refractivity contribution is 5.91. The van der Waals surface area contributed by atoms with Crippen molar-refractivity contribution < 1.29 is 23.9 Å². The molecule has 0 aliphatic carbocycles. The Balaban J connectivity index is 1.73. The minimum Gasteiger partial charge on any atom is -0.458 e. The van der Waals surface area contributed by atoms with Gasteiger partial charge in [0, 0.05) is 6.42 Å². The molecule has 1 aliphatic rings. The molecule has 1 N–H and O–H groups in total. The van der Waals surface area contributed by atoms with Crippen molar-refractivity contribution in [2.24, 2.45) is 11.8 Å². The molecule has 0 aromatic heterocycles. The lowest BCUT2D eigenvalue weighted by Crippen LogP contribution is -2.57. The average molecular weight is 537 g/mol. The van der Waals surface area contributed by atoms with Crippen LogP contribution in [0.3, 0.4) is 0 Å². The summed E-state index contributed by atoms with van der Waals surface area (Å²) in [7, 11) is 0. The zero-order valence-corrected chi connectivity index (χ0v) is 24.2. The summed E-state index contributed by atoms with van der Waals surface area (Å²) in [4.78, 5) is 41.5. The zero-order valence-electron chi connectivity index (χ0n) is 24.2. The molecule has 3 rings (SSSR count). The summed E-state index contributed by atoms with van der Waals surface area (Å²) in [6.45, 7) is 13.7. The number of carbonyl (C=O) groups excluding carboxylic acids is 3. The molecule has 3 atom stereocenters. The van der Waals surface area contributed by atoms with Crippen molar-refractivity contribution in [1.82, 2.24) is 10.2 Å². The second kappa shape index (κ2) is 13.7. The lowest BCUT2D eigenvalue weighted by molar-refractivity contribution is -0.159. The topological polar surface area (TPSA) is 84.9 Å². The van der Waals surface area contributed by atoms with Gasteiger partial charge in [-0.3, -0.25) is 9.69 Å². The molecule has 0 spiro atoms. The van der Waals surface area contributed by atoms with Gasteiger partial charge in [0.1, 0.15) is 17.4 Å². The highest BCUT2D eigenvalue weighted by atomic mass is 16.6. The second-order valence-electron chi connectivity index (χ2n) is 12.0. The first kappa shape index (κ1) is 30.4. The molecule has 1 heterocycles. The smallest absolute Gasteiger partial charge is 0.343 e. The van der Waals surface area contributed by atoms with Crippen LogP contribution in [0.5, 0.6) is 5.75 Å². The SMILES string of the molecule is CC(C)CCN1CCCC(C)C1C(=O)N[C@@H](Cc1ccc(OC(=O)c2ccccc2)cc1)C(=O)OC(C)(C)C. The summed E-state index contributed by atoms with van der Waals surface area (Å²) in [5.41, 5.74) is 0.601. The van der Waals surface area contributed by atoms with Crippen LogP contribution < -0.4 is 10.1 Å². The normalized spacial score (nSPS) is 18.8. The molecule has 39 heavy (non-hydrogen) atoms. The number of hydrogen-bond acceptors (Lipinski definition) is 6. The molecule has 1 amide bonds. The predicted octanol–water partition coefficient (Wildman–Crippen LogP) is 5.42. The molecule has 0 saturated carbocycles. The van der Waals surface area contributed by atoms with Gasteiger partial charge < -0.3 is 14.8 Å². The highest BCUT2D eigenvalue weighted by Crippen LogP contribution is 2.25. The average Bonchev–Trinajstić information content (AvgIpc) is 2.87. The number of likely N-dealkylation sites (tertiary alicyclic amines) is 1. The summed E-state index contributed by atoms with van der Waals surface area (Å²) in [5.74, 6) is 0.121. The Hall–Kier alpha value is -3.19. The minimum absolute atomic E-state index is 0.129. The van der Waals surface area contributed by atoms with E-state index in [4.69, 9.17) is 9.47 Å². The summed E-state index contributed by atoms with van der Waals surface area (Å²) < 4.78 is 11.2. The summed E-state index contributed by atoms with van der Waals surface area (Å²) in [5, 5.41) is 3.03. The maximum Gasteiger partial charge on any atom is 0.343 e. The van der Waals surface area contributed by atoms with E-state index in [9.17, 15) is 14.4 Å². The van der Waals surface area contributed by atoms with Crippen molar-refractivity contribution in [1.29, 1.82) is 0 Å². The van der Waals surface area contributed by atoms with Crippen LogP contribution in [-0.2, 0) is 20.7 Å². The molecule has 2 unspecified atom stereocenters. The Morgan fingerprint density at radius 1 is 1.03 bits per heavy atom. The summed E-state index contributed by atoms with van der Waals surface area (Å²) in [6, 6.07) is 14.7. The Morgan fingerprint density at radius 3 is 2.31 bits per heavy atom. The molecule has 7 nitrogen and oxygen atoms in total. The molecule has 0 bridgehead atoms. The Labute approximate surface area is 233 Å². The largest absolute Gasteiger partial charge is 0.458 e. The van der Waals surface area contributed by atoms with E-state index in [0.717, 1.165) is 37.9 Å². The second-order valence-corrected chi connectivity index (χ2v) is 12.0. The number of hydrogen-bond donors (Lipinski definition) is 1. The van der Waals surface area contributed by atoms with E-state index >= 15 is 0 Å². The van der Waals surface area contributed by atoms with E-state index in [0.29, 0.717) is 17.2 Å². The standard InChI is InChI=1S/C32H44N2O5/c1-22(2)18-20-34-19-10-11-23(3)28(34)29(35)33-27(31(37)39-32(4,5)6)21-24-14-16-26(17-15-24)38-30(36)25-12-8-7-9-13-25/h7-9,12-17,22-23,27-28H,10-11,18-21H2,1-6H3,(H,33,35)/t23?,27-,28?/m0/s1. The maximum absolute atomic E-state index is 13.6. The van der Waals surface area contributed by atoms with Crippen molar-refractivity contribution in [2.45, 2.75) is 84.9 Å². The predicted molar refractivity (Wildman–Crippen MR) is 153 cm³/mol. The fourth-order valence-corrected chi connectivity index (χ4v) is 4.87. The van der Waals surface area contributed by atoms with E-state index in [1.807, 2.05) is 26.8 Å². The first-order valence-corrected chi connectivity index (χ1v) is 14.1. The number of ether oxygens (including phenoxy) is 2. The van der Waals surface area contributed by atoms with Crippen LogP contribution in [0.4, 0.5) is 0 Å². The Bertz CT molecular complexity index is 1090. The fraction of sp³-hybridized carbons (Fsp3) is 0.531. The molecule has 1 saturated heterocycles. The van der Waals surface area contributed by atoms with Crippen molar-refractivity contribution >= 4 is 17.8 Å². The third-order valence-electron chi connectivity index (χ3n) is 6.89. The van der Waals surface area contributed by atoms with Gasteiger partial charge in [0.15, 0.2) is 0 Å². The van der Waals surface area contributed by atoms with E-state index in [1.54, 1.807) is 48.5 Å². The van der Waals surface area contributed by atoms with Gasteiger partial charge in [-0.15, -0.1) is 0 Å². The van der Waals surface area contributed by atoms with Gasteiger partial charge in [0.2, 0.25) is 5.91 Å². The maximum atomic E-state index is 13.6. The third-order valence-corrected chi connectivity index (χ3v) is 6.89. The van der Waals surface area contributed by atoms with Gasteiger partial charge in [-0.1, -0.05) is 51.1 Å². The van der Waals surface area contributed by atoms with Gasteiger partial charge in [-0.05, 0) is 94.8 Å². The zero-order chi connectivity index (χ0) is 28.6. The molecule has 212 valence electrons. The van der Waals surface area contributed by atoms with Crippen LogP contribution in [-0.4, -0.2) is 53.5 Å². The lowest BCUT2D eigenvalue weighted by Gasteiger charge is -2.40. The van der Waals surface area contributed by atoms with Crippen LogP contribution in [0.2, 0.25) is 0 Å². The van der Waals surface area contributed by atoms with Crippen LogP contribution in [0, 0.1) is 11.8 Å². The number of esters is 2. The van der Waals surface area contributed by atoms with E-state index in [-0.39, 0.29) is 24.3 Å². The Kier molecular flexibility index (Phi) is 10.7. The van der Waals surface area contributed by atoms with Crippen LogP contribution in [0.1, 0.15) is 76.7 Å². The van der Waals surface area contributed by atoms with E-state index < -0.39 is 23.6 Å². The number of amides is 1. The van der Waals surface area contributed by atoms with Crippen molar-refractivity contribution in [2.75, 3.05) is 13.1 Å². The number of rotatable bonds is 10. The number of benzene rings is 2. The van der Waals surface area contributed by atoms with Gasteiger partial charge in [-0.25, -0.2) is 9.59 Å². The number of carbonyl (C=O) groups is 3. The Morgan fingerprint density at radius 2 is 1.69 bits per heavy atom. The van der Waals surface area contributed by atoms with Crippen LogP contribution in [0.25, 0.3) is 0 Å². The third kappa shape index (κ3) is 9.50. The van der Waals surface area contributed by atoms with Crippen LogP contribution in [0.15, 0.2) is 54.6 Å². The lowest BCUT2D eigenvalue weighted by atomic mass is 9.89. The van der Waals surface area contributed by atoms with E-state index in [2.05, 4.69) is 31.0 Å². The first-order chi connectivity index (χ1) is 18.4. The quantitative estimate of drug-likeness (QED) is 0.322. The molecule has 2 aromatic carbocycles. The number of piperidine rings is 1. The van der Waals surface area contributed by atoms with Crippen molar-refractivity contribution in [3.8, 4) is 5.75 Å². The minimum atomic E-state index is -0.837. The van der Waals surface area contributed by atoms with Crippen LogP contribution >= 0.6 is 0 Å². The number of nitrogens with zero attached hydrogens (tertiary/aromatic N) is 1. The molecule has 1 aliphatic heterocycles. The fourth-order valence-electron chi connectivity index (χ4n) is 4.87. The molecular weight excluding hydrogens is 492 g/mol. The molecular formula is C32H44N2O5. The van der Waals surface area contributed by atoms with Gasteiger partial charge in [0.25, 0.3) is 0 Å². The van der Waals surface area contributed by atoms with Crippen molar-refractivity contribution in [3.63, 3.8) is 0 Å². The summed E-state index contributed by atoms with van der Waals surface area (Å²) in [6.07, 6.45) is 3.34. The van der Waals surface area contributed by atoms with E-state index in [1.165, 1.54) is 0 Å².